The van der Waals surface area contributed by atoms with Crippen LogP contribution in [0.3, 0.4) is 0 Å². The lowest BCUT2D eigenvalue weighted by Crippen LogP contribution is -2.33. The van der Waals surface area contributed by atoms with Crippen LogP contribution in [0.4, 0.5) is 0 Å². The van der Waals surface area contributed by atoms with E-state index in [9.17, 15) is 4.79 Å². The fourth-order valence-corrected chi connectivity index (χ4v) is 0.800. The molecule has 0 saturated heterocycles. The highest BCUT2D eigenvalue weighted by Crippen LogP contribution is 1.99. The summed E-state index contributed by atoms with van der Waals surface area (Å²) in [4.78, 5) is 10.4. The summed E-state index contributed by atoms with van der Waals surface area (Å²) in [5.41, 5.74) is 0. The third kappa shape index (κ3) is 6.13. The van der Waals surface area contributed by atoms with Gasteiger partial charge in [0, 0.05) is 0 Å². The summed E-state index contributed by atoms with van der Waals surface area (Å²) in [6.07, 6.45) is 2.74. The van der Waals surface area contributed by atoms with Crippen molar-refractivity contribution in [1.82, 2.24) is 5.32 Å². The molecule has 0 heterocycles. The topological polar surface area (TPSA) is 49.3 Å². The number of hydrogen-bond acceptors (Lipinski definition) is 2. The number of nitrogens with one attached hydrogen (secondary N) is 1. The quantitative estimate of drug-likeness (QED) is 0.672. The summed E-state index contributed by atoms with van der Waals surface area (Å²) >= 11 is 0. The molecule has 0 bridgehead atoms. The van der Waals surface area contributed by atoms with Crippen molar-refractivity contribution in [3.8, 4) is 0 Å². The number of unbranched alkanes of at least 4 members (excludes halogenated alkanes) is 1. The van der Waals surface area contributed by atoms with Crippen molar-refractivity contribution in [2.24, 2.45) is 0 Å². The van der Waals surface area contributed by atoms with Crippen LogP contribution in [-0.4, -0.2) is 24.2 Å². The summed E-state index contributed by atoms with van der Waals surface area (Å²) in [6.45, 7) is 2.05. The molecule has 0 unspecified atom stereocenters. The summed E-state index contributed by atoms with van der Waals surface area (Å²) in [5, 5.41) is 11.3. The van der Waals surface area contributed by atoms with Crippen LogP contribution < -0.4 is 5.32 Å². The molecule has 0 rings (SSSR count). The lowest BCUT2D eigenvalue weighted by Gasteiger charge is -2.08. The van der Waals surface area contributed by atoms with Crippen molar-refractivity contribution in [2.75, 3.05) is 7.05 Å². The van der Waals surface area contributed by atoms with Crippen molar-refractivity contribution in [3.63, 3.8) is 0 Å². The Hall–Kier alpha value is -0.280. The SMILES string of the molecule is CCCC[C@H](NC)C(=O)O.Cl. The molecule has 0 spiro atoms. The van der Waals surface area contributed by atoms with Crippen LogP contribution >= 0.6 is 12.4 Å². The van der Waals surface area contributed by atoms with Gasteiger partial charge in [0.25, 0.3) is 0 Å². The highest BCUT2D eigenvalue weighted by molar-refractivity contribution is 5.85. The lowest BCUT2D eigenvalue weighted by molar-refractivity contribution is -0.139. The Bertz CT molecular complexity index is 109. The van der Waals surface area contributed by atoms with Gasteiger partial charge in [-0.3, -0.25) is 4.79 Å². The van der Waals surface area contributed by atoms with E-state index in [1.807, 2.05) is 0 Å². The number of halogens is 1. The third-order valence-electron chi connectivity index (χ3n) is 1.49. The molecule has 0 aromatic heterocycles. The molecule has 0 fully saturated rings. The predicted octanol–water partition coefficient (Wildman–Crippen LogP) is 1.27. The molecule has 11 heavy (non-hydrogen) atoms. The number of aliphatic carboxylic acids is 1. The van der Waals surface area contributed by atoms with Crippen molar-refractivity contribution in [1.29, 1.82) is 0 Å². The minimum atomic E-state index is -0.754. The fraction of sp³-hybridized carbons (Fsp3) is 0.857. The molecule has 0 radical (unpaired) electrons. The van der Waals surface area contributed by atoms with Crippen LogP contribution in [0, 0.1) is 0 Å². The molecule has 1 atom stereocenters. The first kappa shape index (κ1) is 13.3. The second kappa shape index (κ2) is 7.82. The standard InChI is InChI=1S/C7H15NO2.ClH/c1-3-4-5-6(8-2)7(9)10;/h6,8H,3-5H2,1-2H3,(H,9,10);1H/t6-;/m0./s1. The van der Waals surface area contributed by atoms with Gasteiger partial charge in [0.05, 0.1) is 0 Å². The third-order valence-corrected chi connectivity index (χ3v) is 1.49. The Balaban J connectivity index is 0. The van der Waals surface area contributed by atoms with Gasteiger partial charge in [-0.1, -0.05) is 19.8 Å². The zero-order valence-electron chi connectivity index (χ0n) is 6.96. The Morgan fingerprint density at radius 2 is 2.18 bits per heavy atom. The van der Waals surface area contributed by atoms with E-state index in [0.29, 0.717) is 0 Å². The van der Waals surface area contributed by atoms with Gasteiger partial charge in [-0.05, 0) is 13.5 Å². The largest absolute Gasteiger partial charge is 0.480 e. The fourth-order valence-electron chi connectivity index (χ4n) is 0.800. The zero-order chi connectivity index (χ0) is 7.98. The van der Waals surface area contributed by atoms with E-state index in [2.05, 4.69) is 12.2 Å². The minimum absolute atomic E-state index is 0. The van der Waals surface area contributed by atoms with Crippen LogP contribution in [0.2, 0.25) is 0 Å². The van der Waals surface area contributed by atoms with Crippen molar-refractivity contribution in [3.05, 3.63) is 0 Å². The molecule has 0 aliphatic heterocycles. The van der Waals surface area contributed by atoms with Crippen molar-refractivity contribution in [2.45, 2.75) is 32.2 Å². The molecular formula is C7H16ClNO2. The average Bonchev–Trinajstić information content (AvgIpc) is 1.89. The van der Waals surface area contributed by atoms with Gasteiger partial charge < -0.3 is 10.4 Å². The smallest absolute Gasteiger partial charge is 0.320 e. The van der Waals surface area contributed by atoms with Gasteiger partial charge in [-0.15, -0.1) is 12.4 Å². The van der Waals surface area contributed by atoms with E-state index >= 15 is 0 Å². The maximum atomic E-state index is 10.4. The van der Waals surface area contributed by atoms with Crippen LogP contribution in [0.15, 0.2) is 0 Å². The van der Waals surface area contributed by atoms with E-state index in [0.717, 1.165) is 19.3 Å². The van der Waals surface area contributed by atoms with Gasteiger partial charge in [-0.25, -0.2) is 0 Å². The maximum Gasteiger partial charge on any atom is 0.320 e. The number of carbonyl (C=O) groups is 1. The Morgan fingerprint density at radius 3 is 2.45 bits per heavy atom. The molecule has 4 heteroatoms. The van der Waals surface area contributed by atoms with Gasteiger partial charge in [0.2, 0.25) is 0 Å². The van der Waals surface area contributed by atoms with E-state index in [1.165, 1.54) is 0 Å². The molecule has 0 saturated carbocycles. The van der Waals surface area contributed by atoms with Crippen molar-refractivity contribution < 1.29 is 9.90 Å². The maximum absolute atomic E-state index is 10.4. The normalized spacial score (nSPS) is 11.8. The first-order valence-electron chi connectivity index (χ1n) is 3.62. The van der Waals surface area contributed by atoms with E-state index in [4.69, 9.17) is 5.11 Å². The highest BCUT2D eigenvalue weighted by Gasteiger charge is 2.12. The Labute approximate surface area is 73.6 Å². The number of carboxylic acid groups (broad SMARTS) is 1. The number of hydrogen-bond donors (Lipinski definition) is 2. The predicted molar refractivity (Wildman–Crippen MR) is 47.3 cm³/mol. The summed E-state index contributed by atoms with van der Waals surface area (Å²) in [5.74, 6) is -0.754. The first-order chi connectivity index (χ1) is 4.72. The lowest BCUT2D eigenvalue weighted by atomic mass is 10.1. The number of carboxylic acids is 1. The Kier molecular flexibility index (Phi) is 9.47. The second-order valence-corrected chi connectivity index (χ2v) is 2.32. The second-order valence-electron chi connectivity index (χ2n) is 2.32. The molecule has 2 N–H and O–H groups in total. The summed E-state index contributed by atoms with van der Waals surface area (Å²) in [6, 6.07) is -0.361. The number of likely N-dealkylation sites (N-methyl/N-ethyl adjacent to an activating group) is 1. The van der Waals surface area contributed by atoms with Crippen LogP contribution in [0.1, 0.15) is 26.2 Å². The zero-order valence-corrected chi connectivity index (χ0v) is 7.78. The van der Waals surface area contributed by atoms with Crippen molar-refractivity contribution >= 4 is 18.4 Å². The Morgan fingerprint density at radius 1 is 1.64 bits per heavy atom. The minimum Gasteiger partial charge on any atom is -0.480 e. The molecule has 0 amide bonds. The van der Waals surface area contributed by atoms with E-state index < -0.39 is 5.97 Å². The molecule has 0 aromatic carbocycles. The molecule has 3 nitrogen and oxygen atoms in total. The van der Waals surface area contributed by atoms with Gasteiger partial charge in [0.15, 0.2) is 0 Å². The molecule has 0 aromatic rings. The monoisotopic (exact) mass is 181 g/mol. The molecular weight excluding hydrogens is 166 g/mol. The first-order valence-corrected chi connectivity index (χ1v) is 3.62. The molecule has 0 aliphatic carbocycles. The summed E-state index contributed by atoms with van der Waals surface area (Å²) in [7, 11) is 1.68. The average molecular weight is 182 g/mol. The van der Waals surface area contributed by atoms with Crippen LogP contribution in [0.25, 0.3) is 0 Å². The van der Waals surface area contributed by atoms with E-state index in [-0.39, 0.29) is 18.4 Å². The molecule has 0 aliphatic rings. The van der Waals surface area contributed by atoms with Gasteiger partial charge >= 0.3 is 5.97 Å². The summed E-state index contributed by atoms with van der Waals surface area (Å²) < 4.78 is 0. The number of rotatable bonds is 5. The molecule has 68 valence electrons. The van der Waals surface area contributed by atoms with Crippen LogP contribution in [-0.2, 0) is 4.79 Å². The van der Waals surface area contributed by atoms with Gasteiger partial charge in [-0.2, -0.15) is 0 Å². The van der Waals surface area contributed by atoms with Gasteiger partial charge in [0.1, 0.15) is 6.04 Å². The van der Waals surface area contributed by atoms with Crippen LogP contribution in [0.5, 0.6) is 0 Å². The van der Waals surface area contributed by atoms with E-state index in [1.54, 1.807) is 7.05 Å². The highest BCUT2D eigenvalue weighted by atomic mass is 35.5.